The largest absolute Gasteiger partial charge is 0.488 e. The minimum atomic E-state index is -3.97. The number of alkyl halides is 2. The molecular weight excluding hydrogens is 425 g/mol. The number of rotatable bonds is 3. The average molecular weight is 444 g/mol. The number of benzene rings is 1. The van der Waals surface area contributed by atoms with Crippen LogP contribution < -0.4 is 20.1 Å². The third-order valence-electron chi connectivity index (χ3n) is 5.18. The topological polar surface area (TPSA) is 101 Å². The molecule has 1 spiro atoms. The Labute approximate surface area is 170 Å². The number of aryl methyl sites for hydroxylation is 1. The van der Waals surface area contributed by atoms with E-state index in [9.17, 15) is 26.4 Å². The van der Waals surface area contributed by atoms with E-state index in [4.69, 9.17) is 4.74 Å². The van der Waals surface area contributed by atoms with E-state index in [1.807, 2.05) is 0 Å². The fraction of sp³-hybridized carbons (Fsp3) is 0.389. The number of nitrogens with zero attached hydrogens (tertiary/aromatic N) is 1. The van der Waals surface area contributed by atoms with Gasteiger partial charge in [0.15, 0.2) is 11.4 Å². The third-order valence-corrected chi connectivity index (χ3v) is 6.75. The van der Waals surface area contributed by atoms with Gasteiger partial charge < -0.3 is 19.9 Å². The molecule has 8 nitrogen and oxygen atoms in total. The van der Waals surface area contributed by atoms with Crippen LogP contribution in [0.25, 0.3) is 0 Å². The van der Waals surface area contributed by atoms with Gasteiger partial charge in [-0.3, -0.25) is 4.79 Å². The fourth-order valence-electron chi connectivity index (χ4n) is 3.68. The Balaban J connectivity index is 1.68. The molecule has 4 rings (SSSR count). The first-order valence-corrected chi connectivity index (χ1v) is 10.6. The van der Waals surface area contributed by atoms with Gasteiger partial charge in [-0.15, -0.1) is 0 Å². The number of sulfonamides is 1. The van der Waals surface area contributed by atoms with Crippen molar-refractivity contribution in [2.24, 2.45) is 7.05 Å². The summed E-state index contributed by atoms with van der Waals surface area (Å²) in [6.07, 6.45) is -1.27. The summed E-state index contributed by atoms with van der Waals surface area (Å²) in [5.41, 5.74) is -1.82. The molecule has 1 fully saturated rings. The second-order valence-corrected chi connectivity index (χ2v) is 9.03. The maximum absolute atomic E-state index is 13.5. The van der Waals surface area contributed by atoms with Crippen LogP contribution in [-0.4, -0.2) is 44.1 Å². The Kier molecular flexibility index (Phi) is 5.03. The number of carbonyl (C=O) groups excluding carboxylic acids is 1. The van der Waals surface area contributed by atoms with Gasteiger partial charge in [0.05, 0.1) is 11.1 Å². The van der Waals surface area contributed by atoms with Gasteiger partial charge in [0.2, 0.25) is 10.0 Å². The molecule has 3 N–H and O–H groups in total. The standard InChI is InChI=1S/C18H19F3N4O4S/c1-25-7-13-15(29-9-18(4-5-22-8-18)24-30(13,27)28)14(25)17(26)23-10-2-3-12(19)11(6-10)16(20)21/h2-3,6-7,16,22,24H,4-5,8-9H2,1H3,(H,23,26)/t18-/m0/s1. The van der Waals surface area contributed by atoms with Gasteiger partial charge in [-0.1, -0.05) is 0 Å². The summed E-state index contributed by atoms with van der Waals surface area (Å²) >= 11 is 0. The van der Waals surface area contributed by atoms with E-state index in [0.29, 0.717) is 19.5 Å². The molecule has 2 aromatic rings. The lowest BCUT2D eigenvalue weighted by Gasteiger charge is -2.26. The Bertz CT molecular complexity index is 1110. The summed E-state index contributed by atoms with van der Waals surface area (Å²) in [6, 6.07) is 2.79. The van der Waals surface area contributed by atoms with E-state index >= 15 is 0 Å². The quantitative estimate of drug-likeness (QED) is 0.670. The van der Waals surface area contributed by atoms with Crippen molar-refractivity contribution in [2.75, 3.05) is 25.0 Å². The number of hydrogen-bond acceptors (Lipinski definition) is 5. The van der Waals surface area contributed by atoms with Crippen molar-refractivity contribution in [3.63, 3.8) is 0 Å². The van der Waals surface area contributed by atoms with E-state index in [-0.39, 0.29) is 28.6 Å². The Morgan fingerprint density at radius 2 is 2.13 bits per heavy atom. The predicted molar refractivity (Wildman–Crippen MR) is 101 cm³/mol. The number of aromatic nitrogens is 1. The number of amides is 1. The van der Waals surface area contributed by atoms with Gasteiger partial charge in [0, 0.05) is 25.5 Å². The van der Waals surface area contributed by atoms with Gasteiger partial charge in [0.25, 0.3) is 12.3 Å². The molecule has 0 unspecified atom stereocenters. The molecule has 3 heterocycles. The van der Waals surface area contributed by atoms with Gasteiger partial charge in [-0.2, -0.15) is 0 Å². The first-order chi connectivity index (χ1) is 14.1. The van der Waals surface area contributed by atoms with Gasteiger partial charge in [-0.25, -0.2) is 26.3 Å². The maximum Gasteiger partial charge on any atom is 0.276 e. The number of halogens is 3. The Hall–Kier alpha value is -2.57. The zero-order valence-electron chi connectivity index (χ0n) is 15.8. The second-order valence-electron chi connectivity index (χ2n) is 7.37. The first kappa shape index (κ1) is 20.7. The number of nitrogens with one attached hydrogen (secondary N) is 3. The highest BCUT2D eigenvalue weighted by atomic mass is 32.2. The molecular formula is C18H19F3N4O4S. The zero-order chi connectivity index (χ0) is 21.7. The van der Waals surface area contributed by atoms with Crippen LogP contribution in [0.3, 0.4) is 0 Å². The number of fused-ring (bicyclic) bond motifs is 1. The van der Waals surface area contributed by atoms with Crippen molar-refractivity contribution < 1.29 is 31.1 Å². The summed E-state index contributed by atoms with van der Waals surface area (Å²) in [5, 5.41) is 5.48. The second kappa shape index (κ2) is 7.29. The highest BCUT2D eigenvalue weighted by Crippen LogP contribution is 2.36. The molecule has 0 aliphatic carbocycles. The molecule has 1 aromatic carbocycles. The minimum Gasteiger partial charge on any atom is -0.488 e. The maximum atomic E-state index is 13.5. The number of hydrogen-bond donors (Lipinski definition) is 3. The SMILES string of the molecule is Cn1cc2c(c1C(=O)Nc1ccc(F)c(C(F)F)c1)OC[C@@]1(CCNC1)NS2(=O)=O. The highest BCUT2D eigenvalue weighted by Gasteiger charge is 2.44. The monoisotopic (exact) mass is 444 g/mol. The summed E-state index contributed by atoms with van der Waals surface area (Å²) < 4.78 is 74.8. The van der Waals surface area contributed by atoms with Crippen molar-refractivity contribution in [1.82, 2.24) is 14.6 Å². The molecule has 1 aromatic heterocycles. The zero-order valence-corrected chi connectivity index (χ0v) is 16.7. The molecule has 2 aliphatic heterocycles. The summed E-state index contributed by atoms with van der Waals surface area (Å²) in [5.74, 6) is -1.99. The summed E-state index contributed by atoms with van der Waals surface area (Å²) in [7, 11) is -2.50. The lowest BCUT2D eigenvalue weighted by atomic mass is 10.0. The van der Waals surface area contributed by atoms with E-state index < -0.39 is 39.3 Å². The molecule has 1 atom stereocenters. The van der Waals surface area contributed by atoms with Crippen molar-refractivity contribution in [3.8, 4) is 5.75 Å². The van der Waals surface area contributed by atoms with Crippen LogP contribution in [0.1, 0.15) is 28.9 Å². The van der Waals surface area contributed by atoms with Crippen LogP contribution >= 0.6 is 0 Å². The first-order valence-electron chi connectivity index (χ1n) is 9.08. The number of carbonyl (C=O) groups is 1. The van der Waals surface area contributed by atoms with Crippen molar-refractivity contribution in [2.45, 2.75) is 23.3 Å². The lowest BCUT2D eigenvalue weighted by Crippen LogP contribution is -2.52. The number of ether oxygens (including phenoxy) is 1. The van der Waals surface area contributed by atoms with Gasteiger partial charge in [-0.05, 0) is 31.2 Å². The average Bonchev–Trinajstić information content (AvgIpc) is 3.23. The van der Waals surface area contributed by atoms with Crippen LogP contribution in [0, 0.1) is 5.82 Å². The van der Waals surface area contributed by atoms with Crippen LogP contribution in [-0.2, 0) is 17.1 Å². The lowest BCUT2D eigenvalue weighted by molar-refractivity contribution is 0.101. The van der Waals surface area contributed by atoms with Crippen LogP contribution in [0.15, 0.2) is 29.3 Å². The Morgan fingerprint density at radius 3 is 2.80 bits per heavy atom. The van der Waals surface area contributed by atoms with Gasteiger partial charge >= 0.3 is 0 Å². The molecule has 162 valence electrons. The summed E-state index contributed by atoms with van der Waals surface area (Å²) in [4.78, 5) is 12.7. The summed E-state index contributed by atoms with van der Waals surface area (Å²) in [6.45, 7) is 1.02. The van der Waals surface area contributed by atoms with Crippen molar-refractivity contribution in [1.29, 1.82) is 0 Å². The molecule has 12 heteroatoms. The molecule has 30 heavy (non-hydrogen) atoms. The smallest absolute Gasteiger partial charge is 0.276 e. The van der Waals surface area contributed by atoms with Gasteiger partial charge in [0.1, 0.15) is 17.3 Å². The molecule has 2 aliphatic rings. The molecule has 1 saturated heterocycles. The van der Waals surface area contributed by atoms with Crippen LogP contribution in [0.4, 0.5) is 18.9 Å². The fourth-order valence-corrected chi connectivity index (χ4v) is 5.29. The van der Waals surface area contributed by atoms with E-state index in [1.54, 1.807) is 0 Å². The molecule has 0 bridgehead atoms. The van der Waals surface area contributed by atoms with Crippen molar-refractivity contribution in [3.05, 3.63) is 41.5 Å². The predicted octanol–water partition coefficient (Wildman–Crippen LogP) is 1.76. The van der Waals surface area contributed by atoms with Crippen LogP contribution in [0.5, 0.6) is 5.75 Å². The normalized spacial score (nSPS) is 22.6. The van der Waals surface area contributed by atoms with E-state index in [0.717, 1.165) is 18.2 Å². The number of anilines is 1. The Morgan fingerprint density at radius 1 is 1.37 bits per heavy atom. The molecule has 0 radical (unpaired) electrons. The molecule has 1 amide bonds. The molecule has 0 saturated carbocycles. The van der Waals surface area contributed by atoms with Crippen molar-refractivity contribution >= 4 is 21.6 Å². The third kappa shape index (κ3) is 3.55. The van der Waals surface area contributed by atoms with Crippen LogP contribution in [0.2, 0.25) is 0 Å². The highest BCUT2D eigenvalue weighted by molar-refractivity contribution is 7.89. The van der Waals surface area contributed by atoms with E-state index in [1.165, 1.54) is 17.8 Å². The van der Waals surface area contributed by atoms with E-state index in [2.05, 4.69) is 15.4 Å². The minimum absolute atomic E-state index is 0.0165.